The number of ether oxygens (including phenoxy) is 1. The Hall–Kier alpha value is -0.920. The first kappa shape index (κ1) is 14.1. The third-order valence-electron chi connectivity index (χ3n) is 1.87. The maximum Gasteiger partial charge on any atom is 0.241 e. The van der Waals surface area contributed by atoms with Crippen molar-refractivity contribution in [3.63, 3.8) is 0 Å². The van der Waals surface area contributed by atoms with Gasteiger partial charge in [0.25, 0.3) is 0 Å². The minimum Gasteiger partial charge on any atom is -0.492 e. The first-order chi connectivity index (χ1) is 7.86. The molecule has 0 aromatic heterocycles. The van der Waals surface area contributed by atoms with E-state index in [9.17, 15) is 12.8 Å². The second kappa shape index (κ2) is 5.61. The number of halogens is 2. The summed E-state index contributed by atoms with van der Waals surface area (Å²) < 4.78 is 41.1. The van der Waals surface area contributed by atoms with Crippen molar-refractivity contribution in [2.24, 2.45) is 5.14 Å². The van der Waals surface area contributed by atoms with Crippen molar-refractivity contribution in [2.75, 3.05) is 6.61 Å². The topological polar surface area (TPSA) is 69.4 Å². The highest BCUT2D eigenvalue weighted by molar-refractivity contribution is 9.10. The van der Waals surface area contributed by atoms with E-state index in [2.05, 4.69) is 22.5 Å². The molecule has 7 heteroatoms. The van der Waals surface area contributed by atoms with Crippen LogP contribution in [0.5, 0.6) is 5.75 Å². The fourth-order valence-electron chi connectivity index (χ4n) is 1.09. The predicted molar refractivity (Wildman–Crippen MR) is 65.8 cm³/mol. The molecule has 0 saturated heterocycles. The minimum absolute atomic E-state index is 0.219. The van der Waals surface area contributed by atoms with Crippen LogP contribution in [0.15, 0.2) is 34.2 Å². The van der Waals surface area contributed by atoms with Crippen molar-refractivity contribution in [3.05, 3.63) is 35.1 Å². The molecule has 94 valence electrons. The molecule has 1 aromatic rings. The molecule has 17 heavy (non-hydrogen) atoms. The summed E-state index contributed by atoms with van der Waals surface area (Å²) in [5.74, 6) is -0.721. The summed E-state index contributed by atoms with van der Waals surface area (Å²) in [5, 5.41) is 4.86. The van der Waals surface area contributed by atoms with E-state index in [1.807, 2.05) is 0 Å². The zero-order valence-corrected chi connectivity index (χ0v) is 11.2. The van der Waals surface area contributed by atoms with Gasteiger partial charge in [-0.1, -0.05) is 6.08 Å². The second-order valence-electron chi connectivity index (χ2n) is 3.18. The molecule has 4 nitrogen and oxygen atoms in total. The average molecular weight is 324 g/mol. The Labute approximate surface area is 107 Å². The number of sulfonamides is 1. The fraction of sp³-hybridized carbons (Fsp3) is 0.200. The molecule has 1 aromatic carbocycles. The van der Waals surface area contributed by atoms with Gasteiger partial charge in [-0.2, -0.15) is 0 Å². The Morgan fingerprint density at radius 3 is 2.71 bits per heavy atom. The number of hydrogen-bond donors (Lipinski definition) is 1. The van der Waals surface area contributed by atoms with E-state index in [1.165, 1.54) is 0 Å². The molecule has 0 heterocycles. The molecule has 0 aliphatic carbocycles. The number of benzene rings is 1. The molecule has 0 saturated carbocycles. The quantitative estimate of drug-likeness (QED) is 0.667. The van der Waals surface area contributed by atoms with E-state index in [-0.39, 0.29) is 5.75 Å². The average Bonchev–Trinajstić information content (AvgIpc) is 2.21. The lowest BCUT2D eigenvalue weighted by atomic mass is 10.3. The zero-order chi connectivity index (χ0) is 13.1. The van der Waals surface area contributed by atoms with Gasteiger partial charge in [-0.25, -0.2) is 17.9 Å². The van der Waals surface area contributed by atoms with Crippen LogP contribution in [-0.2, 0) is 10.0 Å². The van der Waals surface area contributed by atoms with Crippen molar-refractivity contribution in [3.8, 4) is 5.75 Å². The molecule has 0 aliphatic rings. The molecule has 0 amide bonds. The highest BCUT2D eigenvalue weighted by Crippen LogP contribution is 2.29. The van der Waals surface area contributed by atoms with Crippen molar-refractivity contribution in [2.45, 2.75) is 11.3 Å². The molecular weight excluding hydrogens is 313 g/mol. The molecule has 0 atom stereocenters. The smallest absolute Gasteiger partial charge is 0.241 e. The molecule has 2 N–H and O–H groups in total. The van der Waals surface area contributed by atoms with Crippen LogP contribution >= 0.6 is 15.9 Å². The molecular formula is C10H11BrFNO3S. The monoisotopic (exact) mass is 323 g/mol. The summed E-state index contributed by atoms with van der Waals surface area (Å²) in [6, 6.07) is 2.06. The van der Waals surface area contributed by atoms with Crippen LogP contribution in [0.25, 0.3) is 0 Å². The molecule has 0 spiro atoms. The van der Waals surface area contributed by atoms with Gasteiger partial charge in [0, 0.05) is 6.07 Å². The third kappa shape index (κ3) is 3.79. The number of nitrogens with two attached hydrogens (primary N) is 1. The summed E-state index contributed by atoms with van der Waals surface area (Å²) in [6.45, 7) is 3.85. The standard InChI is InChI=1S/C10H11BrFNO3S/c1-2-3-4-16-9-6-8(12)10(5-7(9)11)17(13,14)15/h2,5-6H,1,3-4H2,(H2,13,14,15). The number of primary sulfonamides is 1. The fourth-order valence-corrected chi connectivity index (χ4v) is 2.31. The maximum atomic E-state index is 13.5. The van der Waals surface area contributed by atoms with E-state index < -0.39 is 20.7 Å². The van der Waals surface area contributed by atoms with Crippen LogP contribution in [0.3, 0.4) is 0 Å². The SMILES string of the molecule is C=CCCOc1cc(F)c(S(N)(=O)=O)cc1Br. The van der Waals surface area contributed by atoms with Gasteiger partial charge in [-0.3, -0.25) is 0 Å². The summed E-state index contributed by atoms with van der Waals surface area (Å²) in [4.78, 5) is -0.569. The van der Waals surface area contributed by atoms with Gasteiger partial charge >= 0.3 is 0 Å². The zero-order valence-electron chi connectivity index (χ0n) is 8.82. The van der Waals surface area contributed by atoms with Gasteiger partial charge in [0.2, 0.25) is 10.0 Å². The summed E-state index contributed by atoms with van der Waals surface area (Å²) in [5.41, 5.74) is 0. The summed E-state index contributed by atoms with van der Waals surface area (Å²) in [7, 11) is -4.07. The molecule has 0 aliphatic heterocycles. The Morgan fingerprint density at radius 2 is 2.18 bits per heavy atom. The Kier molecular flexibility index (Phi) is 4.67. The van der Waals surface area contributed by atoms with E-state index in [0.717, 1.165) is 12.1 Å². The van der Waals surface area contributed by atoms with Crippen LogP contribution in [0.4, 0.5) is 4.39 Å². The predicted octanol–water partition coefficient (Wildman–Crippen LogP) is 2.19. The van der Waals surface area contributed by atoms with E-state index in [4.69, 9.17) is 9.88 Å². The van der Waals surface area contributed by atoms with Crippen molar-refractivity contribution < 1.29 is 17.5 Å². The van der Waals surface area contributed by atoms with Crippen molar-refractivity contribution in [1.29, 1.82) is 0 Å². The van der Waals surface area contributed by atoms with Crippen LogP contribution < -0.4 is 9.88 Å². The van der Waals surface area contributed by atoms with Crippen LogP contribution in [0, 0.1) is 5.82 Å². The largest absolute Gasteiger partial charge is 0.492 e. The highest BCUT2D eigenvalue weighted by atomic mass is 79.9. The van der Waals surface area contributed by atoms with Gasteiger partial charge in [-0.05, 0) is 28.4 Å². The van der Waals surface area contributed by atoms with Gasteiger partial charge in [0.1, 0.15) is 16.5 Å². The maximum absolute atomic E-state index is 13.5. The van der Waals surface area contributed by atoms with E-state index >= 15 is 0 Å². The molecule has 0 fully saturated rings. The summed E-state index contributed by atoms with van der Waals surface area (Å²) >= 11 is 3.09. The summed E-state index contributed by atoms with van der Waals surface area (Å²) in [6.07, 6.45) is 2.26. The molecule has 1 rings (SSSR count). The van der Waals surface area contributed by atoms with Crippen molar-refractivity contribution >= 4 is 26.0 Å². The van der Waals surface area contributed by atoms with Gasteiger partial charge in [-0.15, -0.1) is 6.58 Å². The van der Waals surface area contributed by atoms with Crippen LogP contribution in [0.1, 0.15) is 6.42 Å². The normalized spacial score (nSPS) is 11.2. The number of hydrogen-bond acceptors (Lipinski definition) is 3. The third-order valence-corrected chi connectivity index (χ3v) is 3.42. The lowest BCUT2D eigenvalue weighted by molar-refractivity contribution is 0.320. The second-order valence-corrected chi connectivity index (χ2v) is 5.57. The first-order valence-electron chi connectivity index (χ1n) is 4.62. The van der Waals surface area contributed by atoms with E-state index in [1.54, 1.807) is 6.08 Å². The lowest BCUT2D eigenvalue weighted by Crippen LogP contribution is -2.14. The van der Waals surface area contributed by atoms with Crippen LogP contribution in [0.2, 0.25) is 0 Å². The Balaban J connectivity index is 3.06. The molecule has 0 unspecified atom stereocenters. The molecule has 0 bridgehead atoms. The minimum atomic E-state index is -4.07. The van der Waals surface area contributed by atoms with Gasteiger partial charge in [0.15, 0.2) is 0 Å². The Morgan fingerprint density at radius 1 is 1.53 bits per heavy atom. The lowest BCUT2D eigenvalue weighted by Gasteiger charge is -2.09. The number of rotatable bonds is 5. The van der Waals surface area contributed by atoms with Gasteiger partial charge < -0.3 is 4.74 Å². The molecule has 0 radical (unpaired) electrons. The van der Waals surface area contributed by atoms with E-state index in [0.29, 0.717) is 17.5 Å². The highest BCUT2D eigenvalue weighted by Gasteiger charge is 2.17. The first-order valence-corrected chi connectivity index (χ1v) is 6.95. The van der Waals surface area contributed by atoms with Crippen LogP contribution in [-0.4, -0.2) is 15.0 Å². The van der Waals surface area contributed by atoms with Gasteiger partial charge in [0.05, 0.1) is 11.1 Å². The Bertz CT molecular complexity index is 531. The van der Waals surface area contributed by atoms with Crippen molar-refractivity contribution in [1.82, 2.24) is 0 Å².